The van der Waals surface area contributed by atoms with Gasteiger partial charge in [0.1, 0.15) is 0 Å². The first-order valence-corrected chi connectivity index (χ1v) is 30.1. The van der Waals surface area contributed by atoms with Crippen LogP contribution in [0.25, 0.3) is 145 Å². The van der Waals surface area contributed by atoms with Gasteiger partial charge >= 0.3 is 0 Å². The van der Waals surface area contributed by atoms with Crippen molar-refractivity contribution >= 4 is 43.6 Å². The highest BCUT2D eigenvalue weighted by atomic mass is 15.0. The average Bonchev–Trinajstić information content (AvgIpc) is 1.54. The summed E-state index contributed by atoms with van der Waals surface area (Å²) in [5.41, 5.74) is 16.2. The number of rotatable bonds is 10. The second-order valence-corrected chi connectivity index (χ2v) is 22.7. The van der Waals surface area contributed by atoms with Crippen molar-refractivity contribution in [2.45, 2.75) is 0 Å². The Balaban J connectivity index is 1.06. The van der Waals surface area contributed by atoms with Gasteiger partial charge in [-0.1, -0.05) is 121 Å². The van der Waals surface area contributed by atoms with E-state index in [4.69, 9.17) is 19.9 Å². The third-order valence-corrected chi connectivity index (χ3v) is 17.4. The van der Waals surface area contributed by atoms with E-state index in [2.05, 4.69) is 63.8 Å². The van der Waals surface area contributed by atoms with E-state index in [0.29, 0.717) is 112 Å². The van der Waals surface area contributed by atoms with Crippen molar-refractivity contribution in [3.63, 3.8) is 0 Å². The highest BCUT2D eigenvalue weighted by Gasteiger charge is 2.27. The molecule has 0 N–H and O–H groups in total. The lowest BCUT2D eigenvalue weighted by Crippen LogP contribution is -2.06. The lowest BCUT2D eigenvalue weighted by Gasteiger charge is -2.21. The molecule has 0 bridgehead atoms. The van der Waals surface area contributed by atoms with Crippen LogP contribution in [0, 0.1) is 90.6 Å². The summed E-state index contributed by atoms with van der Waals surface area (Å²) in [6.45, 7) is 0. The van der Waals surface area contributed by atoms with Crippen molar-refractivity contribution < 1.29 is 0 Å². The first kappa shape index (κ1) is 57.5. The summed E-state index contributed by atoms with van der Waals surface area (Å²) < 4.78 is 4.36. The molecular weight excluding hydrogens is 1180 g/mol. The molecular formula is C82H40N14. The van der Waals surface area contributed by atoms with Crippen molar-refractivity contribution in [3.8, 4) is 150 Å². The highest BCUT2D eigenvalue weighted by Crippen LogP contribution is 2.47. The highest BCUT2D eigenvalue weighted by molar-refractivity contribution is 6.15. The van der Waals surface area contributed by atoms with Gasteiger partial charge in [0.25, 0.3) is 0 Å². The Kier molecular flexibility index (Phi) is 14.3. The van der Waals surface area contributed by atoms with Crippen LogP contribution in [0.3, 0.4) is 0 Å². The molecule has 0 radical (unpaired) electrons. The van der Waals surface area contributed by atoms with Crippen molar-refractivity contribution in [2.24, 2.45) is 0 Å². The molecule has 11 aromatic carbocycles. The molecule has 96 heavy (non-hydrogen) atoms. The molecule has 0 aliphatic rings. The SMILES string of the molecule is N#Cc1ccc(-c2ccc3c(c2)c2cc(-c4ccc(C#N)cc4C#N)ccc2n3-c2cnccc2-c2c(-c3nc(-c4ccccc4)nc(-c4ccccc4)n3)cccc2-n2c3ccc(-c4ccc(C#N)cc4C#N)cc3c3cc(-c4ccc(C#N)cc4C#N)ccc32)c(C#N)c1. The first-order valence-electron chi connectivity index (χ1n) is 30.1. The van der Waals surface area contributed by atoms with Crippen LogP contribution in [0.2, 0.25) is 0 Å². The number of pyridine rings is 1. The molecule has 15 rings (SSSR count). The van der Waals surface area contributed by atoms with Gasteiger partial charge < -0.3 is 9.13 Å². The summed E-state index contributed by atoms with van der Waals surface area (Å²) in [7, 11) is 0. The zero-order valence-corrected chi connectivity index (χ0v) is 50.4. The van der Waals surface area contributed by atoms with Crippen LogP contribution < -0.4 is 0 Å². The number of nitrogens with zero attached hydrogens (tertiary/aromatic N) is 14. The molecule has 4 heterocycles. The van der Waals surface area contributed by atoms with Gasteiger partial charge in [-0.15, -0.1) is 0 Å². The zero-order chi connectivity index (χ0) is 65.6. The van der Waals surface area contributed by atoms with Gasteiger partial charge in [-0.25, -0.2) is 15.0 Å². The second kappa shape index (κ2) is 23.8. The quantitative estimate of drug-likeness (QED) is 0.124. The summed E-state index contributed by atoms with van der Waals surface area (Å²) in [6, 6.07) is 89.8. The smallest absolute Gasteiger partial charge is 0.164 e. The monoisotopic (exact) mass is 1220 g/mol. The molecule has 0 unspecified atom stereocenters. The van der Waals surface area contributed by atoms with Crippen molar-refractivity contribution in [1.82, 2.24) is 29.1 Å². The lowest BCUT2D eigenvalue weighted by atomic mass is 9.95. The third-order valence-electron chi connectivity index (χ3n) is 17.4. The van der Waals surface area contributed by atoms with Gasteiger partial charge in [0.15, 0.2) is 17.5 Å². The molecule has 0 saturated carbocycles. The molecule has 15 aromatic rings. The van der Waals surface area contributed by atoms with Gasteiger partial charge in [0.05, 0.1) is 133 Å². The molecule has 0 amide bonds. The maximum Gasteiger partial charge on any atom is 0.164 e. The normalized spacial score (nSPS) is 10.8. The average molecular weight is 1220 g/mol. The third kappa shape index (κ3) is 9.78. The number of aromatic nitrogens is 6. The van der Waals surface area contributed by atoms with E-state index in [0.717, 1.165) is 77.0 Å². The molecule has 438 valence electrons. The predicted octanol–water partition coefficient (Wildman–Crippen LogP) is 17.8. The van der Waals surface area contributed by atoms with Crippen molar-refractivity contribution in [1.29, 1.82) is 42.1 Å². The van der Waals surface area contributed by atoms with E-state index < -0.39 is 0 Å². The van der Waals surface area contributed by atoms with Crippen LogP contribution in [0.15, 0.2) is 243 Å². The molecule has 0 fully saturated rings. The van der Waals surface area contributed by atoms with Crippen LogP contribution in [-0.4, -0.2) is 29.1 Å². The zero-order valence-electron chi connectivity index (χ0n) is 50.4. The molecule has 14 heteroatoms. The maximum atomic E-state index is 10.5. The number of hydrogen-bond acceptors (Lipinski definition) is 12. The summed E-state index contributed by atoms with van der Waals surface area (Å²) in [4.78, 5) is 20.8. The minimum atomic E-state index is 0.330. The van der Waals surface area contributed by atoms with Crippen LogP contribution in [-0.2, 0) is 0 Å². The standard InChI is InChI=1S/C82H40N14/c83-40-49-14-22-63(59(32-49)44-87)55-18-26-73-69(36-55)70-37-56(64-23-15-50(41-84)33-60(64)45-88)19-27-74(70)95(73)77-13-7-12-68(82-93-80(53-8-3-1-4-9-53)92-81(94-82)54-10-5-2-6-11-54)79(77)67-30-31-91-48-78(67)96-75-28-20-57(65-24-16-51(42-85)34-61(65)46-89)38-71(75)72-39-58(21-29-76(72)96)66-25-17-52(43-86)35-62(66)47-90/h1-39,48H. The fraction of sp³-hybridized carbons (Fsp3) is 0. The van der Waals surface area contributed by atoms with Gasteiger partial charge in [-0.2, -0.15) is 42.1 Å². The van der Waals surface area contributed by atoms with E-state index in [1.54, 1.807) is 79.0 Å². The van der Waals surface area contributed by atoms with Gasteiger partial charge in [-0.05, 0) is 154 Å². The first-order chi connectivity index (χ1) is 47.2. The van der Waals surface area contributed by atoms with Crippen LogP contribution in [0.1, 0.15) is 44.5 Å². The molecule has 14 nitrogen and oxygen atoms in total. The summed E-state index contributed by atoms with van der Waals surface area (Å²) in [5.74, 6) is 1.25. The molecule has 0 aliphatic heterocycles. The minimum absolute atomic E-state index is 0.330. The molecule has 0 spiro atoms. The van der Waals surface area contributed by atoms with Crippen LogP contribution in [0.4, 0.5) is 0 Å². The molecule has 0 saturated heterocycles. The van der Waals surface area contributed by atoms with Crippen molar-refractivity contribution in [3.05, 3.63) is 287 Å². The van der Waals surface area contributed by atoms with E-state index >= 15 is 0 Å². The largest absolute Gasteiger partial charge is 0.309 e. The Hall–Kier alpha value is -14.9. The minimum Gasteiger partial charge on any atom is -0.309 e. The van der Waals surface area contributed by atoms with E-state index in [-0.39, 0.29) is 0 Å². The van der Waals surface area contributed by atoms with Crippen LogP contribution in [0.5, 0.6) is 0 Å². The Morgan fingerprint density at radius 2 is 0.615 bits per heavy atom. The van der Waals surface area contributed by atoms with Gasteiger partial charge in [-0.3, -0.25) is 4.98 Å². The number of nitriles is 8. The Morgan fingerprint density at radius 3 is 0.969 bits per heavy atom. The number of fused-ring (bicyclic) bond motifs is 6. The fourth-order valence-electron chi connectivity index (χ4n) is 13.0. The molecule has 4 aromatic heterocycles. The van der Waals surface area contributed by atoms with Gasteiger partial charge in [0, 0.05) is 55.6 Å². The molecule has 0 aliphatic carbocycles. The number of hydrogen-bond donors (Lipinski definition) is 0. The van der Waals surface area contributed by atoms with Gasteiger partial charge in [0.2, 0.25) is 0 Å². The van der Waals surface area contributed by atoms with Crippen LogP contribution >= 0.6 is 0 Å². The van der Waals surface area contributed by atoms with E-state index in [1.807, 2.05) is 158 Å². The predicted molar refractivity (Wildman–Crippen MR) is 368 cm³/mol. The maximum absolute atomic E-state index is 10.5. The Bertz CT molecular complexity index is 5880. The lowest BCUT2D eigenvalue weighted by molar-refractivity contribution is 1.07. The fourth-order valence-corrected chi connectivity index (χ4v) is 13.0. The number of benzene rings is 11. The van der Waals surface area contributed by atoms with E-state index in [9.17, 15) is 42.1 Å². The Labute approximate surface area is 549 Å². The summed E-state index contributed by atoms with van der Waals surface area (Å²) in [6.07, 6.45) is 3.58. The second-order valence-electron chi connectivity index (χ2n) is 22.7. The van der Waals surface area contributed by atoms with E-state index in [1.165, 1.54) is 0 Å². The summed E-state index contributed by atoms with van der Waals surface area (Å²) >= 11 is 0. The topological polar surface area (TPSA) is 252 Å². The molecule has 0 atom stereocenters. The Morgan fingerprint density at radius 1 is 0.260 bits per heavy atom. The van der Waals surface area contributed by atoms with Crippen molar-refractivity contribution in [2.75, 3.05) is 0 Å². The summed E-state index contributed by atoms with van der Waals surface area (Å²) in [5, 5.41) is 84.7.